The molecule has 1 rings (SSSR count). The Bertz CT molecular complexity index is 410. The van der Waals surface area contributed by atoms with Gasteiger partial charge in [0.2, 0.25) is 0 Å². The normalized spacial score (nSPS) is 10.3. The van der Waals surface area contributed by atoms with E-state index in [4.69, 9.17) is 23.2 Å². The highest BCUT2D eigenvalue weighted by Gasteiger charge is 2.03. The van der Waals surface area contributed by atoms with Crippen molar-refractivity contribution in [2.45, 2.75) is 39.2 Å². The third-order valence-corrected chi connectivity index (χ3v) is 3.36. The quantitative estimate of drug-likeness (QED) is 0.721. The molecule has 0 aliphatic carbocycles. The van der Waals surface area contributed by atoms with E-state index in [0.29, 0.717) is 23.1 Å². The molecular formula is C14H20Cl2N2O. The summed E-state index contributed by atoms with van der Waals surface area (Å²) in [4.78, 5) is 11.5. The Morgan fingerprint density at radius 3 is 2.63 bits per heavy atom. The Balaban J connectivity index is 2.22. The van der Waals surface area contributed by atoms with Crippen LogP contribution < -0.4 is 10.6 Å². The predicted octanol–water partition coefficient (Wildman–Crippen LogP) is 4.37. The zero-order valence-corrected chi connectivity index (χ0v) is 12.7. The SMILES string of the molecule is CCCCCCNC(=O)NCc1ccc(Cl)cc1Cl. The minimum atomic E-state index is -0.164. The summed E-state index contributed by atoms with van der Waals surface area (Å²) in [5.74, 6) is 0. The number of halogens is 2. The van der Waals surface area contributed by atoms with Crippen molar-refractivity contribution in [1.29, 1.82) is 0 Å². The number of carbonyl (C=O) groups excluding carboxylic acids is 1. The van der Waals surface area contributed by atoms with Gasteiger partial charge in [0.05, 0.1) is 0 Å². The van der Waals surface area contributed by atoms with Crippen molar-refractivity contribution in [3.63, 3.8) is 0 Å². The Labute approximate surface area is 124 Å². The van der Waals surface area contributed by atoms with Gasteiger partial charge in [-0.15, -0.1) is 0 Å². The van der Waals surface area contributed by atoms with Crippen LogP contribution in [-0.2, 0) is 6.54 Å². The molecular weight excluding hydrogens is 283 g/mol. The smallest absolute Gasteiger partial charge is 0.315 e. The molecule has 2 N–H and O–H groups in total. The van der Waals surface area contributed by atoms with Gasteiger partial charge < -0.3 is 10.6 Å². The first-order chi connectivity index (χ1) is 9.13. The third kappa shape index (κ3) is 6.69. The second kappa shape index (κ2) is 9.05. The summed E-state index contributed by atoms with van der Waals surface area (Å²) < 4.78 is 0. The highest BCUT2D eigenvalue weighted by atomic mass is 35.5. The summed E-state index contributed by atoms with van der Waals surface area (Å²) >= 11 is 11.8. The molecule has 0 radical (unpaired) electrons. The Hall–Kier alpha value is -0.930. The van der Waals surface area contributed by atoms with Crippen molar-refractivity contribution in [2.24, 2.45) is 0 Å². The largest absolute Gasteiger partial charge is 0.338 e. The van der Waals surface area contributed by atoms with Gasteiger partial charge in [0.1, 0.15) is 0 Å². The van der Waals surface area contributed by atoms with Crippen molar-refractivity contribution in [1.82, 2.24) is 10.6 Å². The van der Waals surface area contributed by atoms with Crippen molar-refractivity contribution in [3.05, 3.63) is 33.8 Å². The monoisotopic (exact) mass is 302 g/mol. The van der Waals surface area contributed by atoms with E-state index < -0.39 is 0 Å². The van der Waals surface area contributed by atoms with Crippen molar-refractivity contribution in [2.75, 3.05) is 6.54 Å². The van der Waals surface area contributed by atoms with E-state index in [1.807, 2.05) is 6.07 Å². The van der Waals surface area contributed by atoms with Crippen molar-refractivity contribution in [3.8, 4) is 0 Å². The van der Waals surface area contributed by atoms with Crippen LogP contribution in [0.5, 0.6) is 0 Å². The topological polar surface area (TPSA) is 41.1 Å². The fourth-order valence-electron chi connectivity index (χ4n) is 1.66. The third-order valence-electron chi connectivity index (χ3n) is 2.77. The van der Waals surface area contributed by atoms with Gasteiger partial charge in [-0.05, 0) is 24.1 Å². The summed E-state index contributed by atoms with van der Waals surface area (Å²) in [7, 11) is 0. The first-order valence-corrected chi connectivity index (χ1v) is 7.34. The lowest BCUT2D eigenvalue weighted by molar-refractivity contribution is 0.240. The van der Waals surface area contributed by atoms with E-state index in [2.05, 4.69) is 17.6 Å². The highest BCUT2D eigenvalue weighted by Crippen LogP contribution is 2.20. The maximum absolute atomic E-state index is 11.5. The maximum atomic E-state index is 11.5. The fourth-order valence-corrected chi connectivity index (χ4v) is 2.13. The number of urea groups is 1. The standard InChI is InChI=1S/C14H20Cl2N2O/c1-2-3-4-5-8-17-14(19)18-10-11-6-7-12(15)9-13(11)16/h6-7,9H,2-5,8,10H2,1H3,(H2,17,18,19). The molecule has 0 atom stereocenters. The van der Waals surface area contributed by atoms with E-state index in [1.165, 1.54) is 12.8 Å². The summed E-state index contributed by atoms with van der Waals surface area (Å²) in [5, 5.41) is 6.75. The van der Waals surface area contributed by atoms with Crippen LogP contribution in [0.3, 0.4) is 0 Å². The van der Waals surface area contributed by atoms with Gasteiger partial charge in [0.15, 0.2) is 0 Å². The molecule has 0 bridgehead atoms. The fraction of sp³-hybridized carbons (Fsp3) is 0.500. The van der Waals surface area contributed by atoms with Crippen LogP contribution in [0, 0.1) is 0 Å². The number of rotatable bonds is 7. The Morgan fingerprint density at radius 2 is 1.95 bits per heavy atom. The zero-order valence-electron chi connectivity index (χ0n) is 11.1. The molecule has 0 fully saturated rings. The van der Waals surface area contributed by atoms with Gasteiger partial charge >= 0.3 is 6.03 Å². The Kier molecular flexibility index (Phi) is 7.68. The van der Waals surface area contributed by atoms with Gasteiger partial charge in [-0.2, -0.15) is 0 Å². The molecule has 19 heavy (non-hydrogen) atoms. The molecule has 0 heterocycles. The summed E-state index contributed by atoms with van der Waals surface area (Å²) in [6.07, 6.45) is 4.58. The number of benzene rings is 1. The van der Waals surface area contributed by atoms with E-state index in [9.17, 15) is 4.79 Å². The number of unbranched alkanes of at least 4 members (excludes halogenated alkanes) is 3. The lowest BCUT2D eigenvalue weighted by Gasteiger charge is -2.09. The number of hydrogen-bond acceptors (Lipinski definition) is 1. The minimum Gasteiger partial charge on any atom is -0.338 e. The van der Waals surface area contributed by atoms with Gasteiger partial charge in [0.25, 0.3) is 0 Å². The molecule has 1 aromatic carbocycles. The molecule has 106 valence electrons. The first kappa shape index (κ1) is 16.1. The zero-order chi connectivity index (χ0) is 14.1. The van der Waals surface area contributed by atoms with Crippen LogP contribution in [0.15, 0.2) is 18.2 Å². The summed E-state index contributed by atoms with van der Waals surface area (Å²) in [5.41, 5.74) is 0.854. The highest BCUT2D eigenvalue weighted by molar-refractivity contribution is 6.35. The molecule has 2 amide bonds. The van der Waals surface area contributed by atoms with Gasteiger partial charge in [-0.3, -0.25) is 0 Å². The molecule has 0 aliphatic rings. The van der Waals surface area contributed by atoms with E-state index in [0.717, 1.165) is 18.4 Å². The molecule has 3 nitrogen and oxygen atoms in total. The van der Waals surface area contributed by atoms with E-state index >= 15 is 0 Å². The van der Waals surface area contributed by atoms with E-state index in [1.54, 1.807) is 12.1 Å². The van der Waals surface area contributed by atoms with Crippen molar-refractivity contribution < 1.29 is 4.79 Å². The number of nitrogens with one attached hydrogen (secondary N) is 2. The van der Waals surface area contributed by atoms with Gasteiger partial charge in [-0.25, -0.2) is 4.79 Å². The van der Waals surface area contributed by atoms with Crippen LogP contribution in [0.4, 0.5) is 4.79 Å². The van der Waals surface area contributed by atoms with Crippen LogP contribution in [-0.4, -0.2) is 12.6 Å². The molecule has 1 aromatic rings. The van der Waals surface area contributed by atoms with Crippen LogP contribution in [0.2, 0.25) is 10.0 Å². The van der Waals surface area contributed by atoms with Crippen LogP contribution in [0.1, 0.15) is 38.2 Å². The molecule has 0 aliphatic heterocycles. The molecule has 0 spiro atoms. The predicted molar refractivity (Wildman–Crippen MR) is 80.8 cm³/mol. The van der Waals surface area contributed by atoms with Crippen LogP contribution >= 0.6 is 23.2 Å². The Morgan fingerprint density at radius 1 is 1.16 bits per heavy atom. The number of carbonyl (C=O) groups is 1. The van der Waals surface area contributed by atoms with E-state index in [-0.39, 0.29) is 6.03 Å². The molecule has 0 aromatic heterocycles. The number of hydrogen-bond donors (Lipinski definition) is 2. The van der Waals surface area contributed by atoms with Gasteiger partial charge in [-0.1, -0.05) is 55.5 Å². The lowest BCUT2D eigenvalue weighted by atomic mass is 10.2. The number of amides is 2. The average Bonchev–Trinajstić information content (AvgIpc) is 2.37. The lowest BCUT2D eigenvalue weighted by Crippen LogP contribution is -2.35. The van der Waals surface area contributed by atoms with Crippen LogP contribution in [0.25, 0.3) is 0 Å². The van der Waals surface area contributed by atoms with Gasteiger partial charge in [0, 0.05) is 23.1 Å². The summed E-state index contributed by atoms with van der Waals surface area (Å²) in [6, 6.07) is 5.07. The molecule has 0 saturated heterocycles. The summed E-state index contributed by atoms with van der Waals surface area (Å²) in [6.45, 7) is 3.27. The molecule has 5 heteroatoms. The molecule has 0 unspecified atom stereocenters. The second-order valence-corrected chi connectivity index (χ2v) is 5.25. The molecule has 0 saturated carbocycles. The van der Waals surface area contributed by atoms with Crippen molar-refractivity contribution >= 4 is 29.2 Å². The first-order valence-electron chi connectivity index (χ1n) is 6.59. The minimum absolute atomic E-state index is 0.164. The second-order valence-electron chi connectivity index (χ2n) is 4.41. The average molecular weight is 303 g/mol. The maximum Gasteiger partial charge on any atom is 0.315 e.